The topological polar surface area (TPSA) is 72.2 Å². The molecule has 1 aliphatic carbocycles. The number of sulfonamides is 1. The normalized spacial score (nSPS) is 17.4. The SMILES string of the molecule is CCCC1(CNS(=O)(=O)c2ccc(F)cc2N)CC1. The molecule has 0 atom stereocenters. The Morgan fingerprint density at radius 1 is 1.42 bits per heavy atom. The number of anilines is 1. The van der Waals surface area contributed by atoms with Crippen LogP contribution in [0.2, 0.25) is 0 Å². The first-order valence-electron chi connectivity index (χ1n) is 6.43. The van der Waals surface area contributed by atoms with Gasteiger partial charge in [0.25, 0.3) is 0 Å². The van der Waals surface area contributed by atoms with Crippen molar-refractivity contribution in [2.24, 2.45) is 5.41 Å². The summed E-state index contributed by atoms with van der Waals surface area (Å²) in [7, 11) is -3.66. The standard InChI is InChI=1S/C13H19FN2O2S/c1-2-5-13(6-7-13)9-16-19(17,18)12-4-3-10(14)8-11(12)15/h3-4,8,16H,2,5-7,9,15H2,1H3. The molecule has 1 fully saturated rings. The van der Waals surface area contributed by atoms with Crippen LogP contribution in [0.3, 0.4) is 0 Å². The van der Waals surface area contributed by atoms with Crippen molar-refractivity contribution in [3.8, 4) is 0 Å². The van der Waals surface area contributed by atoms with Gasteiger partial charge in [0.05, 0.1) is 5.69 Å². The fourth-order valence-corrected chi connectivity index (χ4v) is 3.58. The summed E-state index contributed by atoms with van der Waals surface area (Å²) in [5.74, 6) is -0.541. The number of nitrogen functional groups attached to an aromatic ring is 1. The zero-order valence-electron chi connectivity index (χ0n) is 10.9. The van der Waals surface area contributed by atoms with Crippen LogP contribution in [0.1, 0.15) is 32.6 Å². The number of benzene rings is 1. The molecule has 1 aliphatic rings. The molecule has 0 amide bonds. The lowest BCUT2D eigenvalue weighted by Crippen LogP contribution is -2.30. The highest BCUT2D eigenvalue weighted by Crippen LogP contribution is 2.49. The van der Waals surface area contributed by atoms with Crippen molar-refractivity contribution in [3.63, 3.8) is 0 Å². The number of hydrogen-bond acceptors (Lipinski definition) is 3. The zero-order valence-corrected chi connectivity index (χ0v) is 11.8. The fourth-order valence-electron chi connectivity index (χ4n) is 2.31. The summed E-state index contributed by atoms with van der Waals surface area (Å²) in [6, 6.07) is 3.32. The lowest BCUT2D eigenvalue weighted by Gasteiger charge is -2.15. The Labute approximate surface area is 113 Å². The maximum Gasteiger partial charge on any atom is 0.242 e. The van der Waals surface area contributed by atoms with Gasteiger partial charge in [0.15, 0.2) is 0 Å². The number of nitrogens with two attached hydrogens (primary N) is 1. The minimum Gasteiger partial charge on any atom is -0.398 e. The molecular weight excluding hydrogens is 267 g/mol. The smallest absolute Gasteiger partial charge is 0.242 e. The quantitative estimate of drug-likeness (QED) is 0.788. The third kappa shape index (κ3) is 3.25. The van der Waals surface area contributed by atoms with E-state index in [0.717, 1.165) is 37.8 Å². The van der Waals surface area contributed by atoms with Crippen molar-refractivity contribution in [1.29, 1.82) is 0 Å². The van der Waals surface area contributed by atoms with Crippen LogP contribution in [-0.4, -0.2) is 15.0 Å². The highest BCUT2D eigenvalue weighted by atomic mass is 32.2. The zero-order chi connectivity index (χ0) is 14.1. The van der Waals surface area contributed by atoms with Gasteiger partial charge < -0.3 is 5.73 Å². The van der Waals surface area contributed by atoms with Gasteiger partial charge in [0.2, 0.25) is 10.0 Å². The number of rotatable bonds is 6. The summed E-state index contributed by atoms with van der Waals surface area (Å²) in [4.78, 5) is -0.0544. The molecule has 1 aromatic rings. The Morgan fingerprint density at radius 3 is 2.63 bits per heavy atom. The molecular formula is C13H19FN2O2S. The molecule has 2 rings (SSSR count). The molecule has 0 radical (unpaired) electrons. The van der Waals surface area contributed by atoms with Crippen LogP contribution >= 0.6 is 0 Å². The van der Waals surface area contributed by atoms with E-state index in [-0.39, 0.29) is 16.0 Å². The Hall–Kier alpha value is -1.14. The second-order valence-corrected chi connectivity index (χ2v) is 6.99. The molecule has 0 bridgehead atoms. The molecule has 6 heteroatoms. The third-order valence-electron chi connectivity index (χ3n) is 3.64. The van der Waals surface area contributed by atoms with Crippen molar-refractivity contribution in [2.45, 2.75) is 37.5 Å². The molecule has 0 unspecified atom stereocenters. The van der Waals surface area contributed by atoms with Gasteiger partial charge in [-0.25, -0.2) is 17.5 Å². The maximum absolute atomic E-state index is 12.9. The number of nitrogens with one attached hydrogen (secondary N) is 1. The Kier molecular flexibility index (Phi) is 3.82. The van der Waals surface area contributed by atoms with Gasteiger partial charge in [0, 0.05) is 6.54 Å². The van der Waals surface area contributed by atoms with Crippen LogP contribution in [-0.2, 0) is 10.0 Å². The van der Waals surface area contributed by atoms with Gasteiger partial charge in [-0.05, 0) is 42.9 Å². The van der Waals surface area contributed by atoms with Gasteiger partial charge in [-0.15, -0.1) is 0 Å². The highest BCUT2D eigenvalue weighted by Gasteiger charge is 2.42. The van der Waals surface area contributed by atoms with Gasteiger partial charge in [-0.3, -0.25) is 0 Å². The first kappa shape index (κ1) is 14.3. The molecule has 0 spiro atoms. The molecule has 0 aliphatic heterocycles. The largest absolute Gasteiger partial charge is 0.398 e. The summed E-state index contributed by atoms with van der Waals surface area (Å²) < 4.78 is 39.8. The van der Waals surface area contributed by atoms with Gasteiger partial charge in [-0.2, -0.15) is 0 Å². The monoisotopic (exact) mass is 286 g/mol. The summed E-state index contributed by atoms with van der Waals surface area (Å²) in [5, 5.41) is 0. The molecule has 1 aromatic carbocycles. The van der Waals surface area contributed by atoms with E-state index in [2.05, 4.69) is 11.6 Å². The van der Waals surface area contributed by atoms with Crippen LogP contribution in [0.5, 0.6) is 0 Å². The molecule has 0 saturated heterocycles. The average molecular weight is 286 g/mol. The molecule has 0 heterocycles. The van der Waals surface area contributed by atoms with E-state index >= 15 is 0 Å². The van der Waals surface area contributed by atoms with E-state index < -0.39 is 15.8 Å². The number of hydrogen-bond donors (Lipinski definition) is 2. The Bertz CT molecular complexity index is 568. The fraction of sp³-hybridized carbons (Fsp3) is 0.538. The molecule has 19 heavy (non-hydrogen) atoms. The van der Waals surface area contributed by atoms with E-state index in [4.69, 9.17) is 5.73 Å². The van der Waals surface area contributed by atoms with E-state index in [9.17, 15) is 12.8 Å². The Morgan fingerprint density at radius 2 is 2.11 bits per heavy atom. The van der Waals surface area contributed by atoms with E-state index in [1.165, 1.54) is 6.07 Å². The molecule has 1 saturated carbocycles. The highest BCUT2D eigenvalue weighted by molar-refractivity contribution is 7.89. The van der Waals surface area contributed by atoms with Gasteiger partial charge in [0.1, 0.15) is 10.7 Å². The van der Waals surface area contributed by atoms with Crippen LogP contribution in [0.15, 0.2) is 23.1 Å². The van der Waals surface area contributed by atoms with Crippen LogP contribution in [0.25, 0.3) is 0 Å². The average Bonchev–Trinajstić information content (AvgIpc) is 3.07. The van der Waals surface area contributed by atoms with E-state index in [1.807, 2.05) is 0 Å². The predicted octanol–water partition coefficient (Wildman–Crippen LogP) is 2.27. The first-order chi connectivity index (χ1) is 8.88. The Balaban J connectivity index is 2.10. The second-order valence-electron chi connectivity index (χ2n) is 5.26. The molecule has 3 N–H and O–H groups in total. The van der Waals surface area contributed by atoms with Crippen molar-refractivity contribution >= 4 is 15.7 Å². The molecule has 106 valence electrons. The minimum absolute atomic E-state index is 0.0544. The van der Waals surface area contributed by atoms with Crippen molar-refractivity contribution in [1.82, 2.24) is 4.72 Å². The van der Waals surface area contributed by atoms with Crippen molar-refractivity contribution < 1.29 is 12.8 Å². The van der Waals surface area contributed by atoms with Gasteiger partial charge >= 0.3 is 0 Å². The van der Waals surface area contributed by atoms with E-state index in [1.54, 1.807) is 0 Å². The summed E-state index contributed by atoms with van der Waals surface area (Å²) in [6.45, 7) is 2.52. The summed E-state index contributed by atoms with van der Waals surface area (Å²) in [5.41, 5.74) is 5.62. The lowest BCUT2D eigenvalue weighted by molar-refractivity contribution is 0.449. The van der Waals surface area contributed by atoms with Crippen LogP contribution in [0, 0.1) is 11.2 Å². The van der Waals surface area contributed by atoms with Crippen LogP contribution in [0.4, 0.5) is 10.1 Å². The lowest BCUT2D eigenvalue weighted by atomic mass is 10.0. The first-order valence-corrected chi connectivity index (χ1v) is 7.92. The number of halogens is 1. The summed E-state index contributed by atoms with van der Waals surface area (Å²) in [6.07, 6.45) is 4.18. The van der Waals surface area contributed by atoms with Crippen LogP contribution < -0.4 is 10.5 Å². The van der Waals surface area contributed by atoms with E-state index in [0.29, 0.717) is 6.54 Å². The third-order valence-corrected chi connectivity index (χ3v) is 5.11. The maximum atomic E-state index is 12.9. The molecule has 0 aromatic heterocycles. The van der Waals surface area contributed by atoms with Crippen molar-refractivity contribution in [2.75, 3.05) is 12.3 Å². The minimum atomic E-state index is -3.66. The van der Waals surface area contributed by atoms with Gasteiger partial charge in [-0.1, -0.05) is 13.3 Å². The van der Waals surface area contributed by atoms with Crippen molar-refractivity contribution in [3.05, 3.63) is 24.0 Å². The predicted molar refractivity (Wildman–Crippen MR) is 72.6 cm³/mol. The second kappa shape index (κ2) is 5.09. The molecule has 4 nitrogen and oxygen atoms in total. The summed E-state index contributed by atoms with van der Waals surface area (Å²) >= 11 is 0.